The van der Waals surface area contributed by atoms with Crippen LogP contribution in [0.15, 0.2) is 17.5 Å². The topological polar surface area (TPSA) is 21.3 Å². The second kappa shape index (κ2) is 4.91. The molecule has 2 rings (SSSR count). The van der Waals surface area contributed by atoms with Gasteiger partial charge in [-0.2, -0.15) is 0 Å². The Morgan fingerprint density at radius 2 is 2.64 bits per heavy atom. The van der Waals surface area contributed by atoms with E-state index in [1.54, 1.807) is 0 Å². The Morgan fingerprint density at radius 3 is 3.21 bits per heavy atom. The van der Waals surface area contributed by atoms with Crippen LogP contribution in [0.5, 0.6) is 0 Å². The molecule has 2 heterocycles. The van der Waals surface area contributed by atoms with E-state index < -0.39 is 0 Å². The minimum absolute atomic E-state index is 0.419. The fraction of sp³-hybridized carbons (Fsp3) is 0.636. The molecule has 0 aliphatic carbocycles. The molecule has 0 aromatic carbocycles. The highest BCUT2D eigenvalue weighted by atomic mass is 32.1. The van der Waals surface area contributed by atoms with Crippen LogP contribution in [0.3, 0.4) is 0 Å². The summed E-state index contributed by atoms with van der Waals surface area (Å²) in [6, 6.07) is 4.79. The van der Waals surface area contributed by atoms with Gasteiger partial charge in [-0.3, -0.25) is 0 Å². The van der Waals surface area contributed by atoms with Gasteiger partial charge >= 0.3 is 0 Å². The van der Waals surface area contributed by atoms with Crippen LogP contribution in [0, 0.1) is 0 Å². The highest BCUT2D eigenvalue weighted by molar-refractivity contribution is 7.09. The van der Waals surface area contributed by atoms with E-state index in [1.165, 1.54) is 17.7 Å². The van der Waals surface area contributed by atoms with Crippen LogP contribution in [-0.4, -0.2) is 25.8 Å². The summed E-state index contributed by atoms with van der Waals surface area (Å²) in [5.74, 6) is 0. The quantitative estimate of drug-likeness (QED) is 0.823. The van der Waals surface area contributed by atoms with Crippen molar-refractivity contribution in [2.75, 3.05) is 13.7 Å². The van der Waals surface area contributed by atoms with E-state index in [0.29, 0.717) is 12.1 Å². The molecule has 0 saturated carbocycles. The van der Waals surface area contributed by atoms with Crippen molar-refractivity contribution in [1.29, 1.82) is 0 Å². The molecule has 1 aromatic heterocycles. The van der Waals surface area contributed by atoms with Gasteiger partial charge < -0.3 is 10.1 Å². The predicted molar refractivity (Wildman–Crippen MR) is 59.8 cm³/mol. The molecule has 2 unspecified atom stereocenters. The van der Waals surface area contributed by atoms with Crippen LogP contribution in [0.4, 0.5) is 0 Å². The van der Waals surface area contributed by atoms with E-state index in [2.05, 4.69) is 22.8 Å². The molecule has 3 heteroatoms. The second-order valence-electron chi connectivity index (χ2n) is 3.73. The van der Waals surface area contributed by atoms with E-state index in [4.69, 9.17) is 4.74 Å². The Morgan fingerprint density at radius 1 is 1.71 bits per heavy atom. The number of hydrogen-bond donors (Lipinski definition) is 1. The van der Waals surface area contributed by atoms with Crippen molar-refractivity contribution in [3.8, 4) is 0 Å². The Kier molecular flexibility index (Phi) is 3.56. The summed E-state index contributed by atoms with van der Waals surface area (Å²) in [6.45, 7) is 0.938. The molecule has 2 atom stereocenters. The summed E-state index contributed by atoms with van der Waals surface area (Å²) in [5.41, 5.74) is 0. The average molecular weight is 211 g/mol. The molecule has 78 valence electrons. The molecule has 0 amide bonds. The van der Waals surface area contributed by atoms with Gasteiger partial charge in [-0.05, 0) is 37.8 Å². The molecular weight excluding hydrogens is 194 g/mol. The number of thiophene rings is 1. The second-order valence-corrected chi connectivity index (χ2v) is 4.76. The summed E-state index contributed by atoms with van der Waals surface area (Å²) >= 11 is 1.83. The number of nitrogens with one attached hydrogen (secondary N) is 1. The highest BCUT2D eigenvalue weighted by Crippen LogP contribution is 2.20. The Hall–Kier alpha value is -0.380. The number of likely N-dealkylation sites (N-methyl/N-ethyl adjacent to an activating group) is 1. The lowest BCUT2D eigenvalue weighted by Gasteiger charge is -2.21. The SMILES string of the molecule is CNC(Cc1cccs1)C1CCCO1. The smallest absolute Gasteiger partial charge is 0.0732 e. The lowest BCUT2D eigenvalue weighted by Crippen LogP contribution is -2.38. The van der Waals surface area contributed by atoms with E-state index in [0.717, 1.165) is 13.0 Å². The molecular formula is C11H17NOS. The molecule has 0 spiro atoms. The molecule has 2 nitrogen and oxygen atoms in total. The minimum atomic E-state index is 0.419. The first-order valence-electron chi connectivity index (χ1n) is 5.21. The predicted octanol–water partition coefficient (Wildman–Crippen LogP) is 2.06. The van der Waals surface area contributed by atoms with Crippen LogP contribution in [0.2, 0.25) is 0 Å². The molecule has 1 aliphatic heterocycles. The molecule has 14 heavy (non-hydrogen) atoms. The third-order valence-electron chi connectivity index (χ3n) is 2.79. The zero-order valence-corrected chi connectivity index (χ0v) is 9.35. The summed E-state index contributed by atoms with van der Waals surface area (Å²) in [6.07, 6.45) is 3.94. The van der Waals surface area contributed by atoms with Crippen molar-refractivity contribution in [3.63, 3.8) is 0 Å². The first-order chi connectivity index (χ1) is 6.90. The number of hydrogen-bond acceptors (Lipinski definition) is 3. The molecule has 0 bridgehead atoms. The van der Waals surface area contributed by atoms with Crippen LogP contribution in [0.25, 0.3) is 0 Å². The summed E-state index contributed by atoms with van der Waals surface area (Å²) in [4.78, 5) is 1.44. The summed E-state index contributed by atoms with van der Waals surface area (Å²) in [5, 5.41) is 5.50. The fourth-order valence-electron chi connectivity index (χ4n) is 1.98. The first kappa shape index (κ1) is 10.1. The van der Waals surface area contributed by atoms with Gasteiger partial charge in [0, 0.05) is 17.5 Å². The molecule has 1 aliphatic rings. The number of rotatable bonds is 4. The van der Waals surface area contributed by atoms with Gasteiger partial charge in [-0.1, -0.05) is 6.07 Å². The maximum Gasteiger partial charge on any atom is 0.0732 e. The van der Waals surface area contributed by atoms with Gasteiger partial charge in [0.05, 0.1) is 6.10 Å². The van der Waals surface area contributed by atoms with E-state index in [-0.39, 0.29) is 0 Å². The maximum absolute atomic E-state index is 5.70. The molecule has 1 N–H and O–H groups in total. The molecule has 1 aromatic rings. The standard InChI is InChI=1S/C11H17NOS/c1-12-10(11-5-2-6-13-11)8-9-4-3-7-14-9/h3-4,7,10-12H,2,5-6,8H2,1H3. The first-order valence-corrected chi connectivity index (χ1v) is 6.09. The van der Waals surface area contributed by atoms with Crippen LogP contribution >= 0.6 is 11.3 Å². The van der Waals surface area contributed by atoms with Crippen molar-refractivity contribution in [3.05, 3.63) is 22.4 Å². The number of ether oxygens (including phenoxy) is 1. The summed E-state index contributed by atoms with van der Waals surface area (Å²) in [7, 11) is 2.03. The zero-order valence-electron chi connectivity index (χ0n) is 8.53. The van der Waals surface area contributed by atoms with Gasteiger partial charge in [0.1, 0.15) is 0 Å². The maximum atomic E-state index is 5.70. The average Bonchev–Trinajstić information content (AvgIpc) is 2.86. The van der Waals surface area contributed by atoms with Crippen molar-refractivity contribution in [2.24, 2.45) is 0 Å². The minimum Gasteiger partial charge on any atom is -0.377 e. The normalized spacial score (nSPS) is 23.9. The summed E-state index contributed by atoms with van der Waals surface area (Å²) < 4.78 is 5.70. The van der Waals surface area contributed by atoms with Crippen molar-refractivity contribution < 1.29 is 4.74 Å². The lowest BCUT2D eigenvalue weighted by molar-refractivity contribution is 0.0811. The van der Waals surface area contributed by atoms with Crippen LogP contribution in [0.1, 0.15) is 17.7 Å². The van der Waals surface area contributed by atoms with E-state index >= 15 is 0 Å². The van der Waals surface area contributed by atoms with Crippen molar-refractivity contribution in [2.45, 2.75) is 31.4 Å². The van der Waals surface area contributed by atoms with Crippen LogP contribution < -0.4 is 5.32 Å². The molecule has 0 radical (unpaired) electrons. The van der Waals surface area contributed by atoms with E-state index in [9.17, 15) is 0 Å². The third kappa shape index (κ3) is 2.35. The Bertz CT molecular complexity index is 254. The fourth-order valence-corrected chi connectivity index (χ4v) is 2.75. The lowest BCUT2D eigenvalue weighted by atomic mass is 10.0. The van der Waals surface area contributed by atoms with Gasteiger partial charge in [0.15, 0.2) is 0 Å². The molecule has 1 fully saturated rings. The van der Waals surface area contributed by atoms with Gasteiger partial charge in [0.2, 0.25) is 0 Å². The Labute approximate surface area is 89.3 Å². The van der Waals surface area contributed by atoms with Crippen LogP contribution in [-0.2, 0) is 11.2 Å². The third-order valence-corrected chi connectivity index (χ3v) is 3.68. The molecule has 1 saturated heterocycles. The zero-order chi connectivity index (χ0) is 9.80. The largest absolute Gasteiger partial charge is 0.377 e. The van der Waals surface area contributed by atoms with Gasteiger partial charge in [0.25, 0.3) is 0 Å². The van der Waals surface area contributed by atoms with Crippen molar-refractivity contribution in [1.82, 2.24) is 5.32 Å². The highest BCUT2D eigenvalue weighted by Gasteiger charge is 2.24. The Balaban J connectivity index is 1.92. The van der Waals surface area contributed by atoms with Gasteiger partial charge in [-0.15, -0.1) is 11.3 Å². The van der Waals surface area contributed by atoms with Gasteiger partial charge in [-0.25, -0.2) is 0 Å². The van der Waals surface area contributed by atoms with Crippen molar-refractivity contribution >= 4 is 11.3 Å². The van der Waals surface area contributed by atoms with E-state index in [1.807, 2.05) is 18.4 Å². The monoisotopic (exact) mass is 211 g/mol.